The Kier molecular flexibility index (Phi) is 4.43. The van der Waals surface area contributed by atoms with E-state index < -0.39 is 0 Å². The van der Waals surface area contributed by atoms with Crippen LogP contribution < -0.4 is 15.0 Å². The van der Waals surface area contributed by atoms with Crippen LogP contribution in [0, 0.1) is 0 Å². The fourth-order valence-corrected chi connectivity index (χ4v) is 3.00. The number of fused-ring (bicyclic) bond motifs is 1. The number of hydrogen-bond acceptors (Lipinski definition) is 5. The quantitative estimate of drug-likeness (QED) is 0.721. The number of nitrogens with zero attached hydrogens (tertiary/aromatic N) is 2. The third kappa shape index (κ3) is 3.12. The van der Waals surface area contributed by atoms with Crippen molar-refractivity contribution in [2.45, 2.75) is 6.92 Å². The van der Waals surface area contributed by atoms with Gasteiger partial charge in [0.05, 0.1) is 19.4 Å². The number of ether oxygens (including phenoxy) is 2. The van der Waals surface area contributed by atoms with Crippen LogP contribution in [0.15, 0.2) is 40.6 Å². The number of thiazole rings is 1. The summed E-state index contributed by atoms with van der Waals surface area (Å²) in [6, 6.07) is 7.20. The first-order valence-corrected chi connectivity index (χ1v) is 8.05. The first-order chi connectivity index (χ1) is 11.2. The summed E-state index contributed by atoms with van der Waals surface area (Å²) in [4.78, 5) is 17.1. The Morgan fingerprint density at radius 1 is 1.35 bits per heavy atom. The minimum absolute atomic E-state index is 0.0917. The number of methoxy groups -OCH3 is 1. The fourth-order valence-electron chi connectivity index (χ4n) is 2.27. The molecule has 3 aromatic rings. The van der Waals surface area contributed by atoms with E-state index >= 15 is 0 Å². The van der Waals surface area contributed by atoms with E-state index in [2.05, 4.69) is 4.98 Å². The van der Waals surface area contributed by atoms with E-state index in [0.717, 1.165) is 5.56 Å². The Balaban J connectivity index is 1.98. The van der Waals surface area contributed by atoms with Gasteiger partial charge in [-0.25, -0.2) is 4.98 Å². The smallest absolute Gasteiger partial charge is 0.259 e. The van der Waals surface area contributed by atoms with Gasteiger partial charge in [-0.15, -0.1) is 11.3 Å². The van der Waals surface area contributed by atoms with Crippen molar-refractivity contribution in [1.82, 2.24) is 9.38 Å². The monoisotopic (exact) mass is 328 g/mol. The molecule has 118 valence electrons. The van der Waals surface area contributed by atoms with E-state index in [1.165, 1.54) is 21.8 Å². The van der Waals surface area contributed by atoms with Gasteiger partial charge < -0.3 is 9.47 Å². The van der Waals surface area contributed by atoms with Crippen molar-refractivity contribution in [2.75, 3.05) is 13.7 Å². The van der Waals surface area contributed by atoms with Crippen molar-refractivity contribution in [1.29, 1.82) is 0 Å². The Morgan fingerprint density at radius 3 is 3.00 bits per heavy atom. The molecular formula is C17H16N2O3S. The average Bonchev–Trinajstić information content (AvgIpc) is 3.02. The Labute approximate surface area is 137 Å². The van der Waals surface area contributed by atoms with E-state index in [9.17, 15) is 4.79 Å². The average molecular weight is 328 g/mol. The molecule has 2 aromatic heterocycles. The lowest BCUT2D eigenvalue weighted by molar-refractivity contribution is 0.310. The van der Waals surface area contributed by atoms with E-state index in [1.807, 2.05) is 36.6 Å². The van der Waals surface area contributed by atoms with Gasteiger partial charge in [-0.05, 0) is 25.1 Å². The summed E-state index contributed by atoms with van der Waals surface area (Å²) in [6.07, 6.45) is 5.39. The molecule has 1 aromatic carbocycles. The summed E-state index contributed by atoms with van der Waals surface area (Å²) >= 11 is 1.43. The van der Waals surface area contributed by atoms with Gasteiger partial charge in [-0.3, -0.25) is 9.20 Å². The molecule has 23 heavy (non-hydrogen) atoms. The highest BCUT2D eigenvalue weighted by molar-refractivity contribution is 7.15. The maximum Gasteiger partial charge on any atom is 0.259 e. The van der Waals surface area contributed by atoms with E-state index in [-0.39, 0.29) is 5.56 Å². The number of rotatable bonds is 5. The topological polar surface area (TPSA) is 52.8 Å². The van der Waals surface area contributed by atoms with Crippen LogP contribution in [0.2, 0.25) is 0 Å². The predicted octanol–water partition coefficient (Wildman–Crippen LogP) is 3.33. The van der Waals surface area contributed by atoms with Gasteiger partial charge in [0.15, 0.2) is 16.5 Å². The summed E-state index contributed by atoms with van der Waals surface area (Å²) in [6.45, 7) is 2.49. The van der Waals surface area contributed by atoms with Crippen molar-refractivity contribution in [3.05, 3.63) is 57.5 Å². The zero-order valence-electron chi connectivity index (χ0n) is 12.9. The minimum atomic E-state index is -0.0917. The van der Waals surface area contributed by atoms with Gasteiger partial charge in [0, 0.05) is 23.2 Å². The predicted molar refractivity (Wildman–Crippen MR) is 92.4 cm³/mol. The van der Waals surface area contributed by atoms with Gasteiger partial charge in [0.1, 0.15) is 0 Å². The molecule has 3 rings (SSSR count). The van der Waals surface area contributed by atoms with Crippen molar-refractivity contribution >= 4 is 28.4 Å². The van der Waals surface area contributed by atoms with E-state index in [1.54, 1.807) is 19.4 Å². The summed E-state index contributed by atoms with van der Waals surface area (Å²) in [5.74, 6) is 1.36. The van der Waals surface area contributed by atoms with Crippen molar-refractivity contribution in [3.63, 3.8) is 0 Å². The van der Waals surface area contributed by atoms with Crippen LogP contribution >= 0.6 is 11.3 Å². The van der Waals surface area contributed by atoms with E-state index in [0.29, 0.717) is 28.8 Å². The van der Waals surface area contributed by atoms with Crippen molar-refractivity contribution in [2.24, 2.45) is 0 Å². The highest BCUT2D eigenvalue weighted by Gasteiger charge is 2.08. The minimum Gasteiger partial charge on any atom is -0.492 e. The zero-order chi connectivity index (χ0) is 16.2. The van der Waals surface area contributed by atoms with Crippen LogP contribution in [-0.2, 0) is 0 Å². The molecule has 5 nitrogen and oxygen atoms in total. The van der Waals surface area contributed by atoms with Gasteiger partial charge in [-0.2, -0.15) is 0 Å². The standard InChI is InChI=1S/C17H16N2O3S/c1-3-22-14-6-4-5-12(16(14)21-2)7-8-13-11-15(20)19-9-10-23-17(19)18-13/h4-11H,3H2,1-2H3/b8-7+. The summed E-state index contributed by atoms with van der Waals surface area (Å²) in [5.41, 5.74) is 1.39. The van der Waals surface area contributed by atoms with Crippen LogP contribution in [0.5, 0.6) is 11.5 Å². The second-order valence-electron chi connectivity index (χ2n) is 4.72. The van der Waals surface area contributed by atoms with Gasteiger partial charge in [0.25, 0.3) is 5.56 Å². The summed E-state index contributed by atoms with van der Waals surface area (Å²) in [5, 5.41) is 1.84. The Morgan fingerprint density at radius 2 is 2.22 bits per heavy atom. The van der Waals surface area contributed by atoms with E-state index in [4.69, 9.17) is 9.47 Å². The van der Waals surface area contributed by atoms with Crippen LogP contribution in [0.25, 0.3) is 17.1 Å². The number of aromatic nitrogens is 2. The van der Waals surface area contributed by atoms with Crippen LogP contribution in [0.4, 0.5) is 0 Å². The highest BCUT2D eigenvalue weighted by Crippen LogP contribution is 2.32. The first-order valence-electron chi connectivity index (χ1n) is 7.17. The van der Waals surface area contributed by atoms with Crippen LogP contribution in [0.1, 0.15) is 18.2 Å². The molecule has 0 aliphatic rings. The second-order valence-corrected chi connectivity index (χ2v) is 5.59. The van der Waals surface area contributed by atoms with Gasteiger partial charge in [0.2, 0.25) is 0 Å². The molecule has 0 amide bonds. The Bertz CT molecular complexity index is 912. The molecule has 0 bridgehead atoms. The third-order valence-corrected chi connectivity index (χ3v) is 4.03. The van der Waals surface area contributed by atoms with Crippen LogP contribution in [0.3, 0.4) is 0 Å². The molecule has 0 radical (unpaired) electrons. The largest absolute Gasteiger partial charge is 0.492 e. The molecule has 0 aliphatic heterocycles. The molecular weight excluding hydrogens is 312 g/mol. The fraction of sp³-hybridized carbons (Fsp3) is 0.176. The van der Waals surface area contributed by atoms with Crippen molar-refractivity contribution in [3.8, 4) is 11.5 Å². The lowest BCUT2D eigenvalue weighted by atomic mass is 10.1. The Hall–Kier alpha value is -2.60. The molecule has 0 atom stereocenters. The number of benzene rings is 1. The molecule has 6 heteroatoms. The molecule has 0 saturated carbocycles. The first kappa shape index (κ1) is 15.3. The SMILES string of the molecule is CCOc1cccc(/C=C/c2cc(=O)n3ccsc3n2)c1OC. The summed E-state index contributed by atoms with van der Waals surface area (Å²) < 4.78 is 12.5. The molecule has 0 fully saturated rings. The van der Waals surface area contributed by atoms with Gasteiger partial charge >= 0.3 is 0 Å². The third-order valence-electron chi connectivity index (χ3n) is 3.27. The maximum atomic E-state index is 12.0. The van der Waals surface area contributed by atoms with Crippen molar-refractivity contribution < 1.29 is 9.47 Å². The number of para-hydroxylation sites is 1. The second kappa shape index (κ2) is 6.66. The normalized spacial score (nSPS) is 11.2. The lowest BCUT2D eigenvalue weighted by Crippen LogP contribution is -2.11. The zero-order valence-corrected chi connectivity index (χ0v) is 13.7. The molecule has 0 unspecified atom stereocenters. The molecule has 0 N–H and O–H groups in total. The molecule has 0 spiro atoms. The lowest BCUT2D eigenvalue weighted by Gasteiger charge is -2.11. The molecule has 0 aliphatic carbocycles. The highest BCUT2D eigenvalue weighted by atomic mass is 32.1. The summed E-state index contributed by atoms with van der Waals surface area (Å²) in [7, 11) is 1.61. The maximum absolute atomic E-state index is 12.0. The number of hydrogen-bond donors (Lipinski definition) is 0. The molecule has 2 heterocycles. The van der Waals surface area contributed by atoms with Crippen LogP contribution in [-0.4, -0.2) is 23.1 Å². The van der Waals surface area contributed by atoms with Gasteiger partial charge in [-0.1, -0.05) is 12.1 Å². The molecule has 0 saturated heterocycles.